The van der Waals surface area contributed by atoms with Gasteiger partial charge in [-0.05, 0) is 52.7 Å². The zero-order chi connectivity index (χ0) is 11.5. The Morgan fingerprint density at radius 1 is 1.25 bits per heavy atom. The monoisotopic (exact) mass is 296 g/mol. The molecule has 0 aliphatic heterocycles. The minimum atomic E-state index is 0.690. The van der Waals surface area contributed by atoms with E-state index in [2.05, 4.69) is 26.2 Å². The second-order valence-electron chi connectivity index (χ2n) is 3.47. The Morgan fingerprint density at radius 3 is 2.75 bits per heavy atom. The molecule has 4 heteroatoms. The molecular weight excluding hydrogens is 288 g/mol. The number of benzene rings is 1. The van der Waals surface area contributed by atoms with Crippen LogP contribution in [0.4, 0.5) is 11.5 Å². The number of pyridine rings is 1. The summed E-state index contributed by atoms with van der Waals surface area (Å²) in [5.74, 6) is 0.774. The van der Waals surface area contributed by atoms with E-state index in [1.807, 2.05) is 37.3 Å². The van der Waals surface area contributed by atoms with Crippen molar-refractivity contribution in [2.45, 2.75) is 6.92 Å². The lowest BCUT2D eigenvalue weighted by molar-refractivity contribution is 1.29. The van der Waals surface area contributed by atoms with Gasteiger partial charge in [-0.3, -0.25) is 0 Å². The van der Waals surface area contributed by atoms with Crippen molar-refractivity contribution in [1.82, 2.24) is 4.98 Å². The summed E-state index contributed by atoms with van der Waals surface area (Å²) in [6.07, 6.45) is 1.74. The highest BCUT2D eigenvalue weighted by molar-refractivity contribution is 9.10. The first-order valence-electron chi connectivity index (χ1n) is 4.80. The van der Waals surface area contributed by atoms with Crippen molar-refractivity contribution >= 4 is 39.0 Å². The molecule has 1 aromatic carbocycles. The fourth-order valence-electron chi connectivity index (χ4n) is 1.32. The minimum Gasteiger partial charge on any atom is -0.339 e. The van der Waals surface area contributed by atoms with Crippen molar-refractivity contribution in [3.05, 3.63) is 51.6 Å². The van der Waals surface area contributed by atoms with Crippen LogP contribution in [0.3, 0.4) is 0 Å². The molecule has 0 amide bonds. The van der Waals surface area contributed by atoms with Crippen LogP contribution in [0.1, 0.15) is 5.56 Å². The van der Waals surface area contributed by atoms with Gasteiger partial charge < -0.3 is 5.32 Å². The molecule has 0 bridgehead atoms. The van der Waals surface area contributed by atoms with Gasteiger partial charge in [-0.2, -0.15) is 0 Å². The highest BCUT2D eigenvalue weighted by Crippen LogP contribution is 2.25. The number of anilines is 2. The van der Waals surface area contributed by atoms with Crippen LogP contribution in [0.2, 0.25) is 5.02 Å². The van der Waals surface area contributed by atoms with Crippen LogP contribution in [0, 0.1) is 6.92 Å². The number of hydrogen-bond acceptors (Lipinski definition) is 2. The zero-order valence-electron chi connectivity index (χ0n) is 8.67. The second kappa shape index (κ2) is 4.85. The van der Waals surface area contributed by atoms with Crippen molar-refractivity contribution in [1.29, 1.82) is 0 Å². The molecule has 1 heterocycles. The van der Waals surface area contributed by atoms with Crippen LogP contribution in [-0.2, 0) is 0 Å². The molecule has 1 aromatic heterocycles. The zero-order valence-corrected chi connectivity index (χ0v) is 11.0. The molecule has 0 unspecified atom stereocenters. The van der Waals surface area contributed by atoms with Crippen LogP contribution >= 0.6 is 27.5 Å². The van der Waals surface area contributed by atoms with E-state index in [-0.39, 0.29) is 0 Å². The maximum absolute atomic E-state index is 6.08. The van der Waals surface area contributed by atoms with E-state index in [0.29, 0.717) is 5.02 Å². The van der Waals surface area contributed by atoms with Crippen LogP contribution < -0.4 is 5.32 Å². The summed E-state index contributed by atoms with van der Waals surface area (Å²) in [6.45, 7) is 2.02. The molecule has 82 valence electrons. The first-order valence-corrected chi connectivity index (χ1v) is 5.97. The van der Waals surface area contributed by atoms with Crippen molar-refractivity contribution in [2.75, 3.05) is 5.32 Å². The normalized spacial score (nSPS) is 10.2. The van der Waals surface area contributed by atoms with Gasteiger partial charge in [0.2, 0.25) is 0 Å². The first kappa shape index (κ1) is 11.4. The molecule has 0 spiro atoms. The van der Waals surface area contributed by atoms with Gasteiger partial charge in [0.05, 0.1) is 10.7 Å². The Kier molecular flexibility index (Phi) is 3.46. The van der Waals surface area contributed by atoms with Crippen molar-refractivity contribution in [2.24, 2.45) is 0 Å². The summed E-state index contributed by atoms with van der Waals surface area (Å²) in [5.41, 5.74) is 2.03. The van der Waals surface area contributed by atoms with Gasteiger partial charge >= 0.3 is 0 Å². The maximum atomic E-state index is 6.08. The second-order valence-corrected chi connectivity index (χ2v) is 4.79. The van der Waals surface area contributed by atoms with E-state index >= 15 is 0 Å². The lowest BCUT2D eigenvalue weighted by Gasteiger charge is -2.08. The number of nitrogens with one attached hydrogen (secondary N) is 1. The number of aromatic nitrogens is 1. The SMILES string of the molecule is Cc1ccc(Cl)c(Nc2ccc(Br)cn2)c1. The Morgan fingerprint density at radius 2 is 2.06 bits per heavy atom. The summed E-state index contributed by atoms with van der Waals surface area (Å²) in [5, 5.41) is 3.87. The predicted molar refractivity (Wildman–Crippen MR) is 71.4 cm³/mol. The number of aryl methyl sites for hydroxylation is 1. The molecule has 1 N–H and O–H groups in total. The smallest absolute Gasteiger partial charge is 0.130 e. The van der Waals surface area contributed by atoms with E-state index in [0.717, 1.165) is 21.5 Å². The van der Waals surface area contributed by atoms with Crippen molar-refractivity contribution < 1.29 is 0 Å². The van der Waals surface area contributed by atoms with Gasteiger partial charge in [-0.15, -0.1) is 0 Å². The molecule has 0 aliphatic carbocycles. The third kappa shape index (κ3) is 2.74. The van der Waals surface area contributed by atoms with Gasteiger partial charge in [-0.25, -0.2) is 4.98 Å². The minimum absolute atomic E-state index is 0.690. The largest absolute Gasteiger partial charge is 0.339 e. The molecule has 0 saturated carbocycles. The summed E-state index contributed by atoms with van der Waals surface area (Å²) in [4.78, 5) is 4.23. The van der Waals surface area contributed by atoms with Crippen LogP contribution in [0.5, 0.6) is 0 Å². The van der Waals surface area contributed by atoms with Gasteiger partial charge in [0.15, 0.2) is 0 Å². The Balaban J connectivity index is 2.26. The van der Waals surface area contributed by atoms with Crippen molar-refractivity contribution in [3.63, 3.8) is 0 Å². The van der Waals surface area contributed by atoms with E-state index in [4.69, 9.17) is 11.6 Å². The molecule has 0 radical (unpaired) electrons. The molecule has 2 rings (SSSR count). The van der Waals surface area contributed by atoms with Crippen LogP contribution in [0.15, 0.2) is 41.0 Å². The summed E-state index contributed by atoms with van der Waals surface area (Å²) < 4.78 is 0.952. The van der Waals surface area contributed by atoms with Gasteiger partial charge in [0, 0.05) is 10.7 Å². The molecule has 2 nitrogen and oxygen atoms in total. The average molecular weight is 298 g/mol. The van der Waals surface area contributed by atoms with E-state index < -0.39 is 0 Å². The topological polar surface area (TPSA) is 24.9 Å². The fourth-order valence-corrected chi connectivity index (χ4v) is 1.72. The lowest BCUT2D eigenvalue weighted by Crippen LogP contribution is -1.94. The van der Waals surface area contributed by atoms with Crippen LogP contribution in [0.25, 0.3) is 0 Å². The third-order valence-corrected chi connectivity index (χ3v) is 2.91. The summed E-state index contributed by atoms with van der Waals surface area (Å²) >= 11 is 9.42. The van der Waals surface area contributed by atoms with E-state index in [1.165, 1.54) is 0 Å². The van der Waals surface area contributed by atoms with E-state index in [1.54, 1.807) is 6.20 Å². The molecule has 0 fully saturated rings. The maximum Gasteiger partial charge on any atom is 0.130 e. The molecule has 0 atom stereocenters. The third-order valence-electron chi connectivity index (χ3n) is 2.11. The molecule has 2 aromatic rings. The highest BCUT2D eigenvalue weighted by Gasteiger charge is 2.01. The van der Waals surface area contributed by atoms with Crippen molar-refractivity contribution in [3.8, 4) is 0 Å². The Hall–Kier alpha value is -1.06. The lowest BCUT2D eigenvalue weighted by atomic mass is 10.2. The number of halogens is 2. The summed E-state index contributed by atoms with van der Waals surface area (Å²) in [7, 11) is 0. The highest BCUT2D eigenvalue weighted by atomic mass is 79.9. The number of rotatable bonds is 2. The Labute approximate surface area is 108 Å². The average Bonchev–Trinajstić information content (AvgIpc) is 2.27. The number of hydrogen-bond donors (Lipinski definition) is 1. The van der Waals surface area contributed by atoms with Gasteiger partial charge in [0.25, 0.3) is 0 Å². The van der Waals surface area contributed by atoms with Gasteiger partial charge in [-0.1, -0.05) is 17.7 Å². The molecular formula is C12H10BrClN2. The first-order chi connectivity index (χ1) is 7.65. The standard InChI is InChI=1S/C12H10BrClN2/c1-8-2-4-10(14)11(6-8)16-12-5-3-9(13)7-15-12/h2-7H,1H3,(H,15,16). The quantitative estimate of drug-likeness (QED) is 0.879. The predicted octanol–water partition coefficient (Wildman–Crippen LogP) is 4.55. The van der Waals surface area contributed by atoms with Gasteiger partial charge in [0.1, 0.15) is 5.82 Å². The Bertz CT molecular complexity index is 497. The van der Waals surface area contributed by atoms with Crippen LogP contribution in [-0.4, -0.2) is 4.98 Å². The number of nitrogens with zero attached hydrogens (tertiary/aromatic N) is 1. The van der Waals surface area contributed by atoms with E-state index in [9.17, 15) is 0 Å². The molecule has 0 aliphatic rings. The molecule has 0 saturated heterocycles. The fraction of sp³-hybridized carbons (Fsp3) is 0.0833. The summed E-state index contributed by atoms with van der Waals surface area (Å²) in [6, 6.07) is 9.66. The molecule has 16 heavy (non-hydrogen) atoms.